The van der Waals surface area contributed by atoms with E-state index >= 15 is 0 Å². The summed E-state index contributed by atoms with van der Waals surface area (Å²) in [4.78, 5) is 12.0. The van der Waals surface area contributed by atoms with Gasteiger partial charge in [-0.1, -0.05) is 12.1 Å². The summed E-state index contributed by atoms with van der Waals surface area (Å²) < 4.78 is 70.0. The first-order chi connectivity index (χ1) is 12.2. The van der Waals surface area contributed by atoms with Crippen molar-refractivity contribution < 1.29 is 36.2 Å². The van der Waals surface area contributed by atoms with Gasteiger partial charge in [0.1, 0.15) is 5.75 Å². The van der Waals surface area contributed by atoms with Crippen LogP contribution in [0.3, 0.4) is 0 Å². The summed E-state index contributed by atoms with van der Waals surface area (Å²) >= 11 is 0. The standard InChI is InChI=1S/C18H15F5O3/c19-15-9-8-14(11-16(15)20)26-17(24)13-6-4-12(5-7-13)3-1-2-10-25-18(21,22)23/h4-9,11H,1-3,10H2. The van der Waals surface area contributed by atoms with Gasteiger partial charge in [0, 0.05) is 6.07 Å². The van der Waals surface area contributed by atoms with E-state index in [0.717, 1.165) is 23.8 Å². The number of aryl methyl sites for hydroxylation is 1. The van der Waals surface area contributed by atoms with Crippen molar-refractivity contribution in [3.05, 3.63) is 65.2 Å². The first kappa shape index (κ1) is 19.8. The van der Waals surface area contributed by atoms with Crippen molar-refractivity contribution in [3.8, 4) is 5.75 Å². The maximum atomic E-state index is 13.1. The molecule has 0 unspecified atom stereocenters. The monoisotopic (exact) mass is 374 g/mol. The zero-order chi connectivity index (χ0) is 19.2. The molecule has 0 bridgehead atoms. The first-order valence-electron chi connectivity index (χ1n) is 7.71. The number of hydrogen-bond donors (Lipinski definition) is 0. The Kier molecular flexibility index (Phi) is 6.68. The molecule has 0 aliphatic heterocycles. The van der Waals surface area contributed by atoms with Crippen LogP contribution in [0.2, 0.25) is 0 Å². The molecule has 2 aromatic rings. The third kappa shape index (κ3) is 6.44. The Morgan fingerprint density at radius 1 is 0.923 bits per heavy atom. The molecule has 0 aliphatic rings. The quantitative estimate of drug-likeness (QED) is 0.295. The number of carbonyl (C=O) groups is 1. The fraction of sp³-hybridized carbons (Fsp3) is 0.278. The van der Waals surface area contributed by atoms with Crippen LogP contribution >= 0.6 is 0 Å². The minimum Gasteiger partial charge on any atom is -0.423 e. The second-order valence-electron chi connectivity index (χ2n) is 5.41. The first-order valence-corrected chi connectivity index (χ1v) is 7.71. The molecule has 0 spiro atoms. The average molecular weight is 374 g/mol. The van der Waals surface area contributed by atoms with E-state index in [9.17, 15) is 26.7 Å². The van der Waals surface area contributed by atoms with E-state index in [0.29, 0.717) is 12.8 Å². The predicted octanol–water partition coefficient (Wildman–Crippen LogP) is 5.04. The van der Waals surface area contributed by atoms with Gasteiger partial charge in [-0.15, -0.1) is 13.2 Å². The molecule has 0 atom stereocenters. The molecule has 2 aromatic carbocycles. The van der Waals surface area contributed by atoms with Gasteiger partial charge in [0.05, 0.1) is 12.2 Å². The van der Waals surface area contributed by atoms with Crippen molar-refractivity contribution >= 4 is 5.97 Å². The van der Waals surface area contributed by atoms with E-state index in [1.165, 1.54) is 12.1 Å². The third-order valence-electron chi connectivity index (χ3n) is 3.42. The second-order valence-corrected chi connectivity index (χ2v) is 5.41. The lowest BCUT2D eigenvalue weighted by molar-refractivity contribution is -0.324. The zero-order valence-electron chi connectivity index (χ0n) is 13.5. The lowest BCUT2D eigenvalue weighted by Crippen LogP contribution is -2.14. The topological polar surface area (TPSA) is 35.5 Å². The van der Waals surface area contributed by atoms with Crippen molar-refractivity contribution in [2.24, 2.45) is 0 Å². The highest BCUT2D eigenvalue weighted by molar-refractivity contribution is 5.91. The number of benzene rings is 2. The largest absolute Gasteiger partial charge is 0.522 e. The molecule has 0 radical (unpaired) electrons. The van der Waals surface area contributed by atoms with Crippen molar-refractivity contribution in [3.63, 3.8) is 0 Å². The Balaban J connectivity index is 1.82. The van der Waals surface area contributed by atoms with Crippen LogP contribution in [0.15, 0.2) is 42.5 Å². The molecule has 0 saturated heterocycles. The number of hydrogen-bond acceptors (Lipinski definition) is 3. The Labute approximate surface area is 146 Å². The smallest absolute Gasteiger partial charge is 0.423 e. The van der Waals surface area contributed by atoms with Crippen LogP contribution in [0.25, 0.3) is 0 Å². The van der Waals surface area contributed by atoms with Gasteiger partial charge in [-0.25, -0.2) is 13.6 Å². The number of halogens is 5. The van der Waals surface area contributed by atoms with E-state index in [1.807, 2.05) is 0 Å². The average Bonchev–Trinajstić information content (AvgIpc) is 2.57. The van der Waals surface area contributed by atoms with Crippen molar-refractivity contribution in [1.82, 2.24) is 0 Å². The maximum absolute atomic E-state index is 13.1. The number of alkyl halides is 3. The molecular weight excluding hydrogens is 359 g/mol. The minimum atomic E-state index is -4.62. The number of ether oxygens (including phenoxy) is 2. The Bertz CT molecular complexity index is 741. The van der Waals surface area contributed by atoms with Gasteiger partial charge in [-0.05, 0) is 49.1 Å². The Morgan fingerprint density at radius 2 is 1.62 bits per heavy atom. The molecule has 8 heteroatoms. The number of unbranched alkanes of at least 4 members (excludes halogenated alkanes) is 1. The summed E-state index contributed by atoms with van der Waals surface area (Å²) in [5, 5.41) is 0. The molecule has 0 saturated carbocycles. The molecule has 0 amide bonds. The molecule has 0 fully saturated rings. The van der Waals surface area contributed by atoms with Crippen molar-refractivity contribution in [2.75, 3.05) is 6.61 Å². The van der Waals surface area contributed by atoms with Crippen LogP contribution in [-0.4, -0.2) is 18.9 Å². The van der Waals surface area contributed by atoms with E-state index in [-0.39, 0.29) is 17.7 Å². The number of rotatable bonds is 7. The fourth-order valence-corrected chi connectivity index (χ4v) is 2.13. The highest BCUT2D eigenvalue weighted by Gasteiger charge is 2.28. The summed E-state index contributed by atoms with van der Waals surface area (Å²) in [5.74, 6) is -3.03. The molecule has 0 heterocycles. The van der Waals surface area contributed by atoms with Crippen LogP contribution < -0.4 is 4.74 Å². The van der Waals surface area contributed by atoms with Gasteiger partial charge in [0.25, 0.3) is 0 Å². The lowest BCUT2D eigenvalue weighted by Gasteiger charge is -2.07. The summed E-state index contributed by atoms with van der Waals surface area (Å²) in [5.41, 5.74) is 1.04. The zero-order valence-corrected chi connectivity index (χ0v) is 13.5. The molecule has 0 aromatic heterocycles. The normalized spacial score (nSPS) is 11.4. The van der Waals surface area contributed by atoms with Crippen molar-refractivity contribution in [2.45, 2.75) is 25.6 Å². The number of carbonyl (C=O) groups excluding carboxylic acids is 1. The van der Waals surface area contributed by atoms with E-state index in [2.05, 4.69) is 4.74 Å². The highest BCUT2D eigenvalue weighted by atomic mass is 19.4. The fourth-order valence-electron chi connectivity index (χ4n) is 2.13. The van der Waals surface area contributed by atoms with E-state index in [1.54, 1.807) is 12.1 Å². The van der Waals surface area contributed by atoms with Gasteiger partial charge < -0.3 is 4.74 Å². The van der Waals surface area contributed by atoms with Gasteiger partial charge in [-0.2, -0.15) is 0 Å². The van der Waals surface area contributed by atoms with Crippen LogP contribution in [0.5, 0.6) is 5.75 Å². The van der Waals surface area contributed by atoms with Gasteiger partial charge in [-0.3, -0.25) is 4.74 Å². The molecular formula is C18H15F5O3. The minimum absolute atomic E-state index is 0.123. The van der Waals surface area contributed by atoms with Gasteiger partial charge in [0.2, 0.25) is 0 Å². The van der Waals surface area contributed by atoms with Crippen molar-refractivity contribution in [1.29, 1.82) is 0 Å². The SMILES string of the molecule is O=C(Oc1ccc(F)c(F)c1)c1ccc(CCCCOC(F)(F)F)cc1. The molecule has 140 valence electrons. The summed E-state index contributed by atoms with van der Waals surface area (Å²) in [6.45, 7) is -0.401. The molecule has 3 nitrogen and oxygen atoms in total. The lowest BCUT2D eigenvalue weighted by atomic mass is 10.1. The predicted molar refractivity (Wildman–Crippen MR) is 82.7 cm³/mol. The molecule has 0 aliphatic carbocycles. The highest BCUT2D eigenvalue weighted by Crippen LogP contribution is 2.18. The second kappa shape index (κ2) is 8.75. The molecule has 26 heavy (non-hydrogen) atoms. The summed E-state index contributed by atoms with van der Waals surface area (Å²) in [7, 11) is 0. The van der Waals surface area contributed by atoms with Gasteiger partial charge in [0.15, 0.2) is 11.6 Å². The van der Waals surface area contributed by atoms with Crippen LogP contribution in [0, 0.1) is 11.6 Å². The van der Waals surface area contributed by atoms with E-state index in [4.69, 9.17) is 4.74 Å². The van der Waals surface area contributed by atoms with E-state index < -0.39 is 30.6 Å². The maximum Gasteiger partial charge on any atom is 0.522 e. The van der Waals surface area contributed by atoms with Crippen LogP contribution in [0.4, 0.5) is 22.0 Å². The Morgan fingerprint density at radius 3 is 2.23 bits per heavy atom. The van der Waals surface area contributed by atoms with Crippen LogP contribution in [0.1, 0.15) is 28.8 Å². The summed E-state index contributed by atoms with van der Waals surface area (Å²) in [6.07, 6.45) is -3.34. The molecule has 0 N–H and O–H groups in total. The third-order valence-corrected chi connectivity index (χ3v) is 3.42. The molecule has 2 rings (SSSR count). The van der Waals surface area contributed by atoms with Gasteiger partial charge >= 0.3 is 12.3 Å². The summed E-state index contributed by atoms with van der Waals surface area (Å²) in [6, 6.07) is 9.02. The Hall–Kier alpha value is -2.48. The van der Waals surface area contributed by atoms with Crippen LogP contribution in [-0.2, 0) is 11.2 Å². The number of esters is 1.